The van der Waals surface area contributed by atoms with E-state index in [9.17, 15) is 0 Å². The Morgan fingerprint density at radius 1 is 1.05 bits per heavy atom. The smallest absolute Gasteiger partial charge is 0.215 e. The van der Waals surface area contributed by atoms with Gasteiger partial charge in [-0.1, -0.05) is 41.0 Å². The van der Waals surface area contributed by atoms with Crippen LogP contribution in [-0.2, 0) is 21.8 Å². The Morgan fingerprint density at radius 3 is 2.60 bits per heavy atom. The number of anilines is 1. The summed E-state index contributed by atoms with van der Waals surface area (Å²) in [6.45, 7) is 4.84. The second-order valence-electron chi connectivity index (χ2n) is 9.67. The van der Waals surface area contributed by atoms with Crippen LogP contribution in [0.2, 0.25) is 10.0 Å². The molecule has 2 aliphatic rings. The SMILES string of the molecule is CSc1nccn1N1CCN(c2ccc(OC[C@@H]3CO[C@@](Cn4ccnc4)(c4ccc(Cl)cc4Cl)O3)cc2)CC1. The van der Waals surface area contributed by atoms with Gasteiger partial charge in [-0.3, -0.25) is 0 Å². The lowest BCUT2D eigenvalue weighted by Crippen LogP contribution is -2.51. The number of hydrogen-bond acceptors (Lipinski definition) is 8. The van der Waals surface area contributed by atoms with Gasteiger partial charge in [-0.15, -0.1) is 0 Å². The summed E-state index contributed by atoms with van der Waals surface area (Å²) in [6, 6.07) is 13.6. The minimum Gasteiger partial charge on any atom is -0.491 e. The number of thioether (sulfide) groups is 1. The first-order valence-electron chi connectivity index (χ1n) is 13.1. The van der Waals surface area contributed by atoms with Crippen molar-refractivity contribution in [3.63, 3.8) is 0 Å². The van der Waals surface area contributed by atoms with Gasteiger partial charge in [0, 0.05) is 54.2 Å². The molecule has 0 bridgehead atoms. The molecule has 0 radical (unpaired) electrons. The van der Waals surface area contributed by atoms with Crippen molar-refractivity contribution in [2.75, 3.05) is 55.6 Å². The van der Waals surface area contributed by atoms with Crippen LogP contribution in [0.1, 0.15) is 5.56 Å². The van der Waals surface area contributed by atoms with Crippen LogP contribution in [0, 0.1) is 0 Å². The standard InChI is InChI=1S/C28H30Cl2N6O3S/c1-40-27-32-9-11-36(27)35-14-12-34(13-15-35)22-3-5-23(6-4-22)37-17-24-18-38-28(39-24,19-33-10-8-31-20-33)25-7-2-21(29)16-26(25)30/h2-11,16,20,24H,12-15,17-19H2,1H3/t24-,28-/m1/s1. The van der Waals surface area contributed by atoms with Crippen molar-refractivity contribution in [3.05, 3.63) is 89.2 Å². The van der Waals surface area contributed by atoms with E-state index in [0.29, 0.717) is 29.8 Å². The molecule has 9 nitrogen and oxygen atoms in total. The monoisotopic (exact) mass is 600 g/mol. The summed E-state index contributed by atoms with van der Waals surface area (Å²) in [7, 11) is 0. The zero-order valence-electron chi connectivity index (χ0n) is 22.0. The number of imidazole rings is 2. The van der Waals surface area contributed by atoms with Crippen molar-refractivity contribution in [1.29, 1.82) is 0 Å². The summed E-state index contributed by atoms with van der Waals surface area (Å²) in [5.41, 5.74) is 1.90. The van der Waals surface area contributed by atoms with Gasteiger partial charge in [0.25, 0.3) is 0 Å². The molecular formula is C28H30Cl2N6O3S. The largest absolute Gasteiger partial charge is 0.491 e. The molecule has 2 aliphatic heterocycles. The first kappa shape index (κ1) is 27.3. The molecule has 2 fully saturated rings. The molecule has 210 valence electrons. The quantitative estimate of drug-likeness (QED) is 0.251. The van der Waals surface area contributed by atoms with Crippen LogP contribution in [0.3, 0.4) is 0 Å². The molecule has 0 aliphatic carbocycles. The van der Waals surface area contributed by atoms with Gasteiger partial charge < -0.3 is 28.7 Å². The maximum absolute atomic E-state index is 6.57. The third-order valence-electron chi connectivity index (χ3n) is 7.12. The van der Waals surface area contributed by atoms with Gasteiger partial charge in [0.2, 0.25) is 5.79 Å². The minimum atomic E-state index is -1.07. The Kier molecular flexibility index (Phi) is 8.13. The van der Waals surface area contributed by atoms with Crippen LogP contribution in [0.25, 0.3) is 0 Å². The Bertz CT molecular complexity index is 1410. The van der Waals surface area contributed by atoms with Gasteiger partial charge in [-0.25, -0.2) is 14.6 Å². The summed E-state index contributed by atoms with van der Waals surface area (Å²) < 4.78 is 22.9. The highest BCUT2D eigenvalue weighted by Gasteiger charge is 2.45. The number of halogens is 2. The first-order valence-corrected chi connectivity index (χ1v) is 15.0. The van der Waals surface area contributed by atoms with E-state index in [1.165, 1.54) is 5.69 Å². The summed E-state index contributed by atoms with van der Waals surface area (Å²) in [5.74, 6) is -0.291. The summed E-state index contributed by atoms with van der Waals surface area (Å²) in [6.07, 6.45) is 11.0. The number of ether oxygens (including phenoxy) is 3. The third kappa shape index (κ3) is 5.77. The topological polar surface area (TPSA) is 69.8 Å². The number of rotatable bonds is 9. The molecule has 2 aromatic heterocycles. The third-order valence-corrected chi connectivity index (χ3v) is 8.33. The molecule has 2 aromatic carbocycles. The van der Waals surface area contributed by atoms with Gasteiger partial charge in [-0.05, 0) is 42.7 Å². The Morgan fingerprint density at radius 2 is 1.88 bits per heavy atom. The minimum absolute atomic E-state index is 0.280. The van der Waals surface area contributed by atoms with E-state index >= 15 is 0 Å². The van der Waals surface area contributed by atoms with Crippen molar-refractivity contribution in [3.8, 4) is 5.75 Å². The molecule has 0 saturated carbocycles. The molecular weight excluding hydrogens is 571 g/mol. The zero-order valence-corrected chi connectivity index (χ0v) is 24.4. The average Bonchev–Trinajstić information content (AvgIpc) is 3.74. The van der Waals surface area contributed by atoms with Crippen molar-refractivity contribution in [2.24, 2.45) is 0 Å². The molecule has 12 heteroatoms. The molecule has 40 heavy (non-hydrogen) atoms. The number of hydrogen-bond donors (Lipinski definition) is 0. The van der Waals surface area contributed by atoms with Gasteiger partial charge in [0.05, 0.1) is 37.6 Å². The number of piperazine rings is 1. The highest BCUT2D eigenvalue weighted by Crippen LogP contribution is 2.40. The Balaban J connectivity index is 1.06. The molecule has 2 saturated heterocycles. The fraction of sp³-hybridized carbons (Fsp3) is 0.357. The molecule has 4 heterocycles. The fourth-order valence-electron chi connectivity index (χ4n) is 5.13. The highest BCUT2D eigenvalue weighted by molar-refractivity contribution is 7.98. The molecule has 0 amide bonds. The van der Waals surface area contributed by atoms with E-state index in [-0.39, 0.29) is 6.10 Å². The van der Waals surface area contributed by atoms with Crippen LogP contribution in [0.4, 0.5) is 5.69 Å². The zero-order chi connectivity index (χ0) is 27.5. The van der Waals surface area contributed by atoms with E-state index in [1.54, 1.807) is 36.4 Å². The van der Waals surface area contributed by atoms with E-state index < -0.39 is 5.79 Å². The Labute approximate surface area is 247 Å². The molecule has 0 unspecified atom stereocenters. The highest BCUT2D eigenvalue weighted by atomic mass is 35.5. The number of benzene rings is 2. The maximum atomic E-state index is 6.57. The molecule has 0 N–H and O–H groups in total. The van der Waals surface area contributed by atoms with Crippen LogP contribution in [0.5, 0.6) is 5.75 Å². The first-order chi connectivity index (χ1) is 19.5. The second-order valence-corrected chi connectivity index (χ2v) is 11.3. The predicted octanol–water partition coefficient (Wildman–Crippen LogP) is 4.91. The van der Waals surface area contributed by atoms with Gasteiger partial charge >= 0.3 is 0 Å². The van der Waals surface area contributed by atoms with E-state index in [1.807, 2.05) is 41.4 Å². The number of nitrogens with zero attached hydrogens (tertiary/aromatic N) is 6. The van der Waals surface area contributed by atoms with Crippen LogP contribution in [0.15, 0.2) is 78.7 Å². The molecule has 6 rings (SSSR count). The maximum Gasteiger partial charge on any atom is 0.215 e. The normalized spacial score (nSPS) is 21.2. The van der Waals surface area contributed by atoms with Gasteiger partial charge in [0.15, 0.2) is 5.16 Å². The van der Waals surface area contributed by atoms with Crippen LogP contribution in [-0.4, -0.2) is 71.0 Å². The summed E-state index contributed by atoms with van der Waals surface area (Å²) >= 11 is 14.4. The van der Waals surface area contributed by atoms with Crippen molar-refractivity contribution in [1.82, 2.24) is 19.2 Å². The molecule has 4 aromatic rings. The van der Waals surface area contributed by atoms with E-state index in [2.05, 4.69) is 42.9 Å². The fourth-order valence-corrected chi connectivity index (χ4v) is 6.21. The van der Waals surface area contributed by atoms with E-state index in [4.69, 9.17) is 37.4 Å². The summed E-state index contributed by atoms with van der Waals surface area (Å²) in [4.78, 5) is 11.0. The number of aromatic nitrogens is 4. The Hall–Kier alpha value is -2.89. The second kappa shape index (κ2) is 11.9. The van der Waals surface area contributed by atoms with E-state index in [0.717, 1.165) is 42.6 Å². The lowest BCUT2D eigenvalue weighted by atomic mass is 10.1. The van der Waals surface area contributed by atoms with Crippen molar-refractivity contribution < 1.29 is 14.2 Å². The lowest BCUT2D eigenvalue weighted by Gasteiger charge is -2.38. The summed E-state index contributed by atoms with van der Waals surface area (Å²) in [5, 5.41) is 4.39. The van der Waals surface area contributed by atoms with Gasteiger partial charge in [-0.2, -0.15) is 0 Å². The predicted molar refractivity (Wildman–Crippen MR) is 157 cm³/mol. The van der Waals surface area contributed by atoms with Crippen molar-refractivity contribution in [2.45, 2.75) is 23.6 Å². The van der Waals surface area contributed by atoms with Crippen molar-refractivity contribution >= 4 is 40.7 Å². The molecule has 2 atom stereocenters. The van der Waals surface area contributed by atoms with Crippen LogP contribution < -0.4 is 14.6 Å². The lowest BCUT2D eigenvalue weighted by molar-refractivity contribution is -0.189. The average molecular weight is 602 g/mol. The van der Waals surface area contributed by atoms with Crippen LogP contribution >= 0.6 is 35.0 Å². The molecule has 0 spiro atoms. The van der Waals surface area contributed by atoms with Gasteiger partial charge in [0.1, 0.15) is 18.5 Å².